The highest BCUT2D eigenvalue weighted by molar-refractivity contribution is 5.94. The monoisotopic (exact) mass is 306 g/mol. The van der Waals surface area contributed by atoms with E-state index in [1.54, 1.807) is 24.7 Å². The van der Waals surface area contributed by atoms with Crippen LogP contribution < -0.4 is 5.32 Å². The number of nitrogens with zero attached hydrogens (tertiary/aromatic N) is 5. The molecule has 0 aromatic carbocycles. The van der Waals surface area contributed by atoms with Gasteiger partial charge in [0.15, 0.2) is 5.65 Å². The van der Waals surface area contributed by atoms with Gasteiger partial charge < -0.3 is 9.88 Å². The van der Waals surface area contributed by atoms with Crippen molar-refractivity contribution in [3.63, 3.8) is 0 Å². The molecular formula is C16H14N6O. The van der Waals surface area contributed by atoms with Gasteiger partial charge in [0, 0.05) is 31.0 Å². The van der Waals surface area contributed by atoms with Crippen LogP contribution in [0.5, 0.6) is 0 Å². The molecule has 0 spiro atoms. The van der Waals surface area contributed by atoms with E-state index in [2.05, 4.69) is 20.3 Å². The van der Waals surface area contributed by atoms with Crippen LogP contribution in [0.2, 0.25) is 0 Å². The van der Waals surface area contributed by atoms with Gasteiger partial charge in [-0.1, -0.05) is 0 Å². The molecule has 4 heterocycles. The van der Waals surface area contributed by atoms with Crippen LogP contribution in [-0.2, 0) is 13.6 Å². The topological polar surface area (TPSA) is 77.1 Å². The predicted octanol–water partition coefficient (Wildman–Crippen LogP) is 1.55. The lowest BCUT2D eigenvalue weighted by molar-refractivity contribution is 0.0945. The molecule has 7 heteroatoms. The summed E-state index contributed by atoms with van der Waals surface area (Å²) in [6, 6.07) is 5.60. The summed E-state index contributed by atoms with van der Waals surface area (Å²) in [5, 5.41) is 3.89. The molecule has 0 radical (unpaired) electrons. The van der Waals surface area contributed by atoms with Gasteiger partial charge in [-0.2, -0.15) is 0 Å². The SMILES string of the molecule is Cn1ccc2ccc(C(=O)NCc3cnc4cnccn34)nc21. The Balaban J connectivity index is 1.56. The third-order valence-electron chi connectivity index (χ3n) is 3.77. The molecule has 0 saturated carbocycles. The second kappa shape index (κ2) is 5.20. The van der Waals surface area contributed by atoms with Crippen LogP contribution in [0.15, 0.2) is 49.2 Å². The minimum atomic E-state index is -0.211. The van der Waals surface area contributed by atoms with Crippen LogP contribution in [0.1, 0.15) is 16.2 Å². The predicted molar refractivity (Wildman–Crippen MR) is 84.9 cm³/mol. The Hall–Kier alpha value is -3.22. The summed E-state index contributed by atoms with van der Waals surface area (Å²) in [6.45, 7) is 0.372. The fourth-order valence-corrected chi connectivity index (χ4v) is 2.55. The molecule has 0 atom stereocenters. The van der Waals surface area contributed by atoms with E-state index in [9.17, 15) is 4.79 Å². The Morgan fingerprint density at radius 3 is 3.04 bits per heavy atom. The van der Waals surface area contributed by atoms with Crippen molar-refractivity contribution >= 4 is 22.6 Å². The van der Waals surface area contributed by atoms with Crippen molar-refractivity contribution in [2.75, 3.05) is 0 Å². The van der Waals surface area contributed by atoms with E-state index in [4.69, 9.17) is 0 Å². The molecule has 4 rings (SSSR count). The van der Waals surface area contributed by atoms with Crippen molar-refractivity contribution in [3.8, 4) is 0 Å². The largest absolute Gasteiger partial charge is 0.345 e. The number of fused-ring (bicyclic) bond motifs is 2. The normalized spacial score (nSPS) is 11.2. The Labute approximate surface area is 131 Å². The molecular weight excluding hydrogens is 292 g/mol. The maximum atomic E-state index is 12.3. The second-order valence-electron chi connectivity index (χ2n) is 5.27. The van der Waals surface area contributed by atoms with Gasteiger partial charge in [-0.3, -0.25) is 14.2 Å². The number of aromatic nitrogens is 5. The quantitative estimate of drug-likeness (QED) is 0.623. The first-order chi connectivity index (χ1) is 11.2. The smallest absolute Gasteiger partial charge is 0.270 e. The highest BCUT2D eigenvalue weighted by Crippen LogP contribution is 2.13. The molecule has 23 heavy (non-hydrogen) atoms. The number of hydrogen-bond donors (Lipinski definition) is 1. The fourth-order valence-electron chi connectivity index (χ4n) is 2.55. The summed E-state index contributed by atoms with van der Waals surface area (Å²) in [5.74, 6) is -0.211. The second-order valence-corrected chi connectivity index (χ2v) is 5.27. The Morgan fingerprint density at radius 2 is 2.13 bits per heavy atom. The maximum Gasteiger partial charge on any atom is 0.270 e. The van der Waals surface area contributed by atoms with Crippen molar-refractivity contribution in [2.24, 2.45) is 7.05 Å². The number of aryl methyl sites for hydroxylation is 1. The maximum absolute atomic E-state index is 12.3. The zero-order valence-electron chi connectivity index (χ0n) is 12.5. The molecule has 4 aromatic heterocycles. The minimum Gasteiger partial charge on any atom is -0.345 e. The van der Waals surface area contributed by atoms with Gasteiger partial charge in [0.25, 0.3) is 5.91 Å². The van der Waals surface area contributed by atoms with Crippen LogP contribution in [0.4, 0.5) is 0 Å². The molecule has 1 N–H and O–H groups in total. The number of imidazole rings is 1. The third kappa shape index (κ3) is 2.32. The number of hydrogen-bond acceptors (Lipinski definition) is 4. The molecule has 0 fully saturated rings. The summed E-state index contributed by atoms with van der Waals surface area (Å²) in [5.41, 5.74) is 2.82. The summed E-state index contributed by atoms with van der Waals surface area (Å²) in [7, 11) is 1.91. The van der Waals surface area contributed by atoms with Gasteiger partial charge in [0.1, 0.15) is 11.3 Å². The molecule has 0 unspecified atom stereocenters. The molecule has 114 valence electrons. The van der Waals surface area contributed by atoms with Crippen LogP contribution in [0.25, 0.3) is 16.7 Å². The summed E-state index contributed by atoms with van der Waals surface area (Å²) in [6.07, 6.45) is 8.83. The number of amides is 1. The molecule has 4 aromatic rings. The van der Waals surface area contributed by atoms with Gasteiger partial charge in [0.2, 0.25) is 0 Å². The van der Waals surface area contributed by atoms with E-state index in [1.165, 1.54) is 0 Å². The van der Waals surface area contributed by atoms with Crippen molar-refractivity contribution in [3.05, 3.63) is 60.6 Å². The zero-order chi connectivity index (χ0) is 15.8. The molecule has 1 amide bonds. The zero-order valence-corrected chi connectivity index (χ0v) is 12.5. The standard InChI is InChI=1S/C16H14N6O/c1-21-6-4-11-2-3-13(20-15(11)21)16(23)19-9-12-8-18-14-10-17-5-7-22(12)14/h2-8,10H,9H2,1H3,(H,19,23). The fraction of sp³-hybridized carbons (Fsp3) is 0.125. The first kappa shape index (κ1) is 13.4. The number of rotatable bonds is 3. The first-order valence-corrected chi connectivity index (χ1v) is 7.18. The van der Waals surface area contributed by atoms with E-state index < -0.39 is 0 Å². The summed E-state index contributed by atoms with van der Waals surface area (Å²) >= 11 is 0. The Kier molecular flexibility index (Phi) is 3.04. The number of nitrogens with one attached hydrogen (secondary N) is 1. The molecule has 0 aliphatic heterocycles. The van der Waals surface area contributed by atoms with Gasteiger partial charge in [0.05, 0.1) is 24.6 Å². The van der Waals surface area contributed by atoms with Gasteiger partial charge >= 0.3 is 0 Å². The van der Waals surface area contributed by atoms with Crippen LogP contribution in [-0.4, -0.2) is 29.8 Å². The van der Waals surface area contributed by atoms with Crippen molar-refractivity contribution in [1.29, 1.82) is 0 Å². The first-order valence-electron chi connectivity index (χ1n) is 7.18. The third-order valence-corrected chi connectivity index (χ3v) is 3.77. The van der Waals surface area contributed by atoms with Gasteiger partial charge in [-0.15, -0.1) is 0 Å². The highest BCUT2D eigenvalue weighted by Gasteiger charge is 2.11. The molecule has 0 bridgehead atoms. The lowest BCUT2D eigenvalue weighted by Gasteiger charge is -2.05. The Morgan fingerprint density at radius 1 is 1.22 bits per heavy atom. The number of pyridine rings is 1. The van der Waals surface area contributed by atoms with E-state index >= 15 is 0 Å². The molecule has 0 saturated heterocycles. The molecule has 0 aliphatic carbocycles. The van der Waals surface area contributed by atoms with Gasteiger partial charge in [-0.25, -0.2) is 9.97 Å². The van der Waals surface area contributed by atoms with Crippen molar-refractivity contribution in [1.82, 2.24) is 29.2 Å². The summed E-state index contributed by atoms with van der Waals surface area (Å²) < 4.78 is 3.78. The van der Waals surface area contributed by atoms with E-state index in [1.807, 2.05) is 40.5 Å². The van der Waals surface area contributed by atoms with Crippen molar-refractivity contribution < 1.29 is 4.79 Å². The van der Waals surface area contributed by atoms with E-state index in [-0.39, 0.29) is 5.91 Å². The summed E-state index contributed by atoms with van der Waals surface area (Å²) in [4.78, 5) is 25.0. The van der Waals surface area contributed by atoms with E-state index in [0.717, 1.165) is 22.4 Å². The molecule has 0 aliphatic rings. The number of carbonyl (C=O) groups excluding carboxylic acids is 1. The van der Waals surface area contributed by atoms with Crippen molar-refractivity contribution in [2.45, 2.75) is 6.54 Å². The average Bonchev–Trinajstić information content (AvgIpc) is 3.16. The molecule has 7 nitrogen and oxygen atoms in total. The lowest BCUT2D eigenvalue weighted by Crippen LogP contribution is -2.24. The average molecular weight is 306 g/mol. The van der Waals surface area contributed by atoms with E-state index in [0.29, 0.717) is 12.2 Å². The highest BCUT2D eigenvalue weighted by atomic mass is 16.1. The lowest BCUT2D eigenvalue weighted by atomic mass is 10.3. The van der Waals surface area contributed by atoms with Crippen LogP contribution >= 0.6 is 0 Å². The Bertz CT molecular complexity index is 1020. The van der Waals surface area contributed by atoms with Crippen LogP contribution in [0, 0.1) is 0 Å². The van der Waals surface area contributed by atoms with Crippen LogP contribution in [0.3, 0.4) is 0 Å². The minimum absolute atomic E-state index is 0.211. The van der Waals surface area contributed by atoms with Gasteiger partial charge in [-0.05, 0) is 18.2 Å². The number of carbonyl (C=O) groups is 1.